The maximum Gasteiger partial charge on any atom is 0.304 e. The van der Waals surface area contributed by atoms with Gasteiger partial charge in [-0.25, -0.2) is 9.97 Å². The lowest BCUT2D eigenvalue weighted by Gasteiger charge is -2.06. The summed E-state index contributed by atoms with van der Waals surface area (Å²) in [4.78, 5) is 22.2. The van der Waals surface area contributed by atoms with Crippen LogP contribution in [0.2, 0.25) is 0 Å². The molecule has 0 aliphatic carbocycles. The smallest absolute Gasteiger partial charge is 0.304 e. The van der Waals surface area contributed by atoms with Gasteiger partial charge in [0.1, 0.15) is 17.5 Å². The first-order chi connectivity index (χ1) is 8.67. The van der Waals surface area contributed by atoms with E-state index in [1.165, 1.54) is 0 Å². The Morgan fingerprint density at radius 3 is 3.00 bits per heavy atom. The number of nitrogens with zero attached hydrogens (tertiary/aromatic N) is 2. The van der Waals surface area contributed by atoms with E-state index in [0.29, 0.717) is 18.2 Å². The highest BCUT2D eigenvalue weighted by Crippen LogP contribution is 2.10. The van der Waals surface area contributed by atoms with E-state index in [1.807, 2.05) is 0 Å². The Kier molecular flexibility index (Phi) is 3.93. The van der Waals surface area contributed by atoms with Gasteiger partial charge in [0.15, 0.2) is 0 Å². The summed E-state index contributed by atoms with van der Waals surface area (Å²) in [5.41, 5.74) is 6.55. The number of rotatable bonds is 5. The van der Waals surface area contributed by atoms with Crippen molar-refractivity contribution in [2.75, 3.05) is 11.1 Å². The van der Waals surface area contributed by atoms with Crippen LogP contribution in [-0.2, 0) is 13.0 Å². The molecule has 0 radical (unpaired) electrons. The number of aromatic nitrogens is 3. The van der Waals surface area contributed by atoms with Crippen molar-refractivity contribution >= 4 is 23.0 Å². The molecule has 0 spiro atoms. The van der Waals surface area contributed by atoms with Crippen LogP contribution in [0.15, 0.2) is 16.2 Å². The molecular formula is C11H15N5OS. The van der Waals surface area contributed by atoms with E-state index in [-0.39, 0.29) is 4.87 Å². The number of aryl methyl sites for hydroxylation is 1. The SMILES string of the molecule is CCCc1nc(N)cc(NCc2csc(=O)[nH]2)n1. The Morgan fingerprint density at radius 2 is 2.33 bits per heavy atom. The highest BCUT2D eigenvalue weighted by molar-refractivity contribution is 7.07. The van der Waals surface area contributed by atoms with Gasteiger partial charge in [-0.05, 0) is 6.42 Å². The lowest BCUT2D eigenvalue weighted by molar-refractivity contribution is 0.836. The van der Waals surface area contributed by atoms with Crippen molar-refractivity contribution in [3.05, 3.63) is 32.6 Å². The highest BCUT2D eigenvalue weighted by Gasteiger charge is 2.03. The molecule has 7 heteroatoms. The topological polar surface area (TPSA) is 96.7 Å². The normalized spacial score (nSPS) is 10.5. The largest absolute Gasteiger partial charge is 0.384 e. The minimum Gasteiger partial charge on any atom is -0.384 e. The second kappa shape index (κ2) is 5.63. The van der Waals surface area contributed by atoms with Crippen LogP contribution in [0.5, 0.6) is 0 Å². The summed E-state index contributed by atoms with van der Waals surface area (Å²) in [6, 6.07) is 1.68. The number of nitrogens with one attached hydrogen (secondary N) is 2. The molecule has 0 aromatic carbocycles. The molecule has 0 atom stereocenters. The van der Waals surface area contributed by atoms with Gasteiger partial charge in [0.25, 0.3) is 0 Å². The van der Waals surface area contributed by atoms with Gasteiger partial charge >= 0.3 is 4.87 Å². The quantitative estimate of drug-likeness (QED) is 0.758. The molecule has 2 aromatic heterocycles. The van der Waals surface area contributed by atoms with E-state index >= 15 is 0 Å². The Morgan fingerprint density at radius 1 is 1.50 bits per heavy atom. The van der Waals surface area contributed by atoms with E-state index in [2.05, 4.69) is 27.2 Å². The molecule has 0 unspecified atom stereocenters. The van der Waals surface area contributed by atoms with Crippen LogP contribution in [0.4, 0.5) is 11.6 Å². The summed E-state index contributed by atoms with van der Waals surface area (Å²) in [5.74, 6) is 1.87. The first-order valence-corrected chi connectivity index (χ1v) is 6.59. The first kappa shape index (κ1) is 12.6. The van der Waals surface area contributed by atoms with Crippen LogP contribution >= 0.6 is 11.3 Å². The number of anilines is 2. The van der Waals surface area contributed by atoms with Crippen LogP contribution in [0.25, 0.3) is 0 Å². The fourth-order valence-corrected chi connectivity index (χ4v) is 2.11. The van der Waals surface area contributed by atoms with Gasteiger partial charge in [-0.2, -0.15) is 0 Å². The maximum atomic E-state index is 11.0. The molecule has 2 heterocycles. The lowest BCUT2D eigenvalue weighted by Crippen LogP contribution is -2.07. The van der Waals surface area contributed by atoms with Crippen molar-refractivity contribution in [2.24, 2.45) is 0 Å². The second-order valence-corrected chi connectivity index (χ2v) is 4.71. The predicted octanol–water partition coefficient (Wildman–Crippen LogP) is 1.37. The third-order valence-electron chi connectivity index (χ3n) is 2.30. The molecule has 0 bridgehead atoms. The molecular weight excluding hydrogens is 250 g/mol. The van der Waals surface area contributed by atoms with Crippen LogP contribution in [0.3, 0.4) is 0 Å². The third-order valence-corrected chi connectivity index (χ3v) is 3.02. The molecule has 96 valence electrons. The van der Waals surface area contributed by atoms with Crippen LogP contribution in [0, 0.1) is 0 Å². The van der Waals surface area contributed by atoms with Gasteiger partial charge in [-0.1, -0.05) is 18.3 Å². The van der Waals surface area contributed by atoms with Crippen LogP contribution < -0.4 is 15.9 Å². The molecule has 0 saturated carbocycles. The molecule has 2 aromatic rings. The lowest BCUT2D eigenvalue weighted by atomic mass is 10.3. The van der Waals surface area contributed by atoms with E-state index < -0.39 is 0 Å². The third kappa shape index (κ3) is 3.30. The number of hydrogen-bond donors (Lipinski definition) is 3. The molecule has 2 rings (SSSR count). The molecule has 0 aliphatic rings. The Labute approximate surface area is 108 Å². The monoisotopic (exact) mass is 265 g/mol. The summed E-state index contributed by atoms with van der Waals surface area (Å²) >= 11 is 1.15. The van der Waals surface area contributed by atoms with Gasteiger partial charge < -0.3 is 16.0 Å². The van der Waals surface area contributed by atoms with Crippen molar-refractivity contribution in [3.8, 4) is 0 Å². The van der Waals surface area contributed by atoms with Gasteiger partial charge in [0.2, 0.25) is 0 Å². The summed E-state index contributed by atoms with van der Waals surface area (Å²) in [7, 11) is 0. The van der Waals surface area contributed by atoms with Crippen molar-refractivity contribution in [3.63, 3.8) is 0 Å². The standard InChI is InChI=1S/C11H15N5OS/c1-2-3-9-15-8(12)4-10(16-9)13-5-7-6-18-11(17)14-7/h4,6H,2-3,5H2,1H3,(H,14,17)(H3,12,13,15,16). The predicted molar refractivity (Wildman–Crippen MR) is 72.7 cm³/mol. The van der Waals surface area contributed by atoms with Crippen molar-refractivity contribution in [2.45, 2.75) is 26.3 Å². The molecule has 0 aliphatic heterocycles. The average molecular weight is 265 g/mol. The molecule has 18 heavy (non-hydrogen) atoms. The van der Waals surface area contributed by atoms with Crippen molar-refractivity contribution in [1.82, 2.24) is 15.0 Å². The van der Waals surface area contributed by atoms with Gasteiger partial charge in [0, 0.05) is 23.6 Å². The van der Waals surface area contributed by atoms with Crippen LogP contribution in [-0.4, -0.2) is 15.0 Å². The maximum absolute atomic E-state index is 11.0. The summed E-state index contributed by atoms with van der Waals surface area (Å²) < 4.78 is 0. The van der Waals surface area contributed by atoms with Gasteiger partial charge in [-0.3, -0.25) is 4.79 Å². The first-order valence-electron chi connectivity index (χ1n) is 5.71. The number of thiazole rings is 1. The minimum absolute atomic E-state index is 0.0549. The Hall–Kier alpha value is -1.89. The zero-order valence-corrected chi connectivity index (χ0v) is 10.9. The Bertz CT molecular complexity index is 577. The Balaban J connectivity index is 2.06. The fraction of sp³-hybridized carbons (Fsp3) is 0.364. The molecule has 0 saturated heterocycles. The zero-order chi connectivity index (χ0) is 13.0. The number of aromatic amines is 1. The average Bonchev–Trinajstić information content (AvgIpc) is 2.72. The molecule has 0 amide bonds. The number of H-pyrrole nitrogens is 1. The molecule has 0 fully saturated rings. The number of hydrogen-bond acceptors (Lipinski definition) is 6. The molecule has 6 nitrogen and oxygen atoms in total. The summed E-state index contributed by atoms with van der Waals surface area (Å²) in [5, 5.41) is 4.90. The van der Waals surface area contributed by atoms with E-state index in [0.717, 1.165) is 35.7 Å². The van der Waals surface area contributed by atoms with Crippen molar-refractivity contribution in [1.29, 1.82) is 0 Å². The van der Waals surface area contributed by atoms with E-state index in [4.69, 9.17) is 5.73 Å². The van der Waals surface area contributed by atoms with Crippen molar-refractivity contribution < 1.29 is 0 Å². The second-order valence-electron chi connectivity index (χ2n) is 3.87. The summed E-state index contributed by atoms with van der Waals surface area (Å²) in [6.45, 7) is 2.58. The highest BCUT2D eigenvalue weighted by atomic mass is 32.1. The zero-order valence-electron chi connectivity index (χ0n) is 10.1. The minimum atomic E-state index is -0.0549. The molecule has 4 N–H and O–H groups in total. The number of nitrogen functional groups attached to an aromatic ring is 1. The number of nitrogens with two attached hydrogens (primary N) is 1. The van der Waals surface area contributed by atoms with E-state index in [9.17, 15) is 4.79 Å². The van der Waals surface area contributed by atoms with E-state index in [1.54, 1.807) is 11.4 Å². The fourth-order valence-electron chi connectivity index (χ4n) is 1.53. The summed E-state index contributed by atoms with van der Waals surface area (Å²) in [6.07, 6.45) is 1.77. The van der Waals surface area contributed by atoms with Gasteiger partial charge in [-0.15, -0.1) is 0 Å². The van der Waals surface area contributed by atoms with Gasteiger partial charge in [0.05, 0.1) is 6.54 Å². The van der Waals surface area contributed by atoms with Crippen LogP contribution in [0.1, 0.15) is 24.9 Å².